The zero-order valence-electron chi connectivity index (χ0n) is 17.3. The number of hydrogen-bond acceptors (Lipinski definition) is 4. The smallest absolute Gasteiger partial charge is 0.282 e. The number of rotatable bonds is 4. The number of carbonyl (C=O) groups is 1. The first kappa shape index (κ1) is 22.1. The van der Waals surface area contributed by atoms with Crippen molar-refractivity contribution in [2.75, 3.05) is 18.1 Å². The number of amides is 1. The van der Waals surface area contributed by atoms with E-state index in [1.165, 1.54) is 25.0 Å². The maximum absolute atomic E-state index is 13.6. The van der Waals surface area contributed by atoms with Gasteiger partial charge in [-0.25, -0.2) is 9.40 Å². The molecule has 2 aromatic rings. The van der Waals surface area contributed by atoms with Crippen LogP contribution in [-0.4, -0.2) is 29.7 Å². The van der Waals surface area contributed by atoms with Crippen LogP contribution in [0.1, 0.15) is 44.2 Å². The van der Waals surface area contributed by atoms with Crippen LogP contribution >= 0.6 is 23.2 Å². The lowest BCUT2D eigenvalue weighted by atomic mass is 9.91. The van der Waals surface area contributed by atoms with Gasteiger partial charge in [-0.2, -0.15) is 5.10 Å². The molecule has 1 N–H and O–H groups in total. The van der Waals surface area contributed by atoms with E-state index < -0.39 is 0 Å². The van der Waals surface area contributed by atoms with Gasteiger partial charge in [-0.05, 0) is 48.7 Å². The summed E-state index contributed by atoms with van der Waals surface area (Å²) in [6, 6.07) is 11.1. The van der Waals surface area contributed by atoms with Gasteiger partial charge >= 0.3 is 0 Å². The van der Waals surface area contributed by atoms with E-state index in [0.29, 0.717) is 21.4 Å². The molecule has 0 bridgehead atoms. The molecule has 2 aliphatic rings. The molecule has 4 rings (SSSR count). The fourth-order valence-electron chi connectivity index (χ4n) is 4.23. The van der Waals surface area contributed by atoms with Crippen LogP contribution in [-0.2, 0) is 4.79 Å². The van der Waals surface area contributed by atoms with Crippen LogP contribution in [0.4, 0.5) is 10.1 Å². The average Bonchev–Trinajstić information content (AvgIpc) is 2.89. The number of carbonyl (C=O) groups excluding carboxylic acids is 1. The number of hydrazine groups is 1. The first-order valence-electron chi connectivity index (χ1n) is 10.6. The van der Waals surface area contributed by atoms with Crippen LogP contribution < -0.4 is 10.4 Å². The molecule has 2 aliphatic heterocycles. The van der Waals surface area contributed by atoms with Gasteiger partial charge in [0.15, 0.2) is 0 Å². The summed E-state index contributed by atoms with van der Waals surface area (Å²) in [6.45, 7) is 3.63. The van der Waals surface area contributed by atoms with Gasteiger partial charge in [0.1, 0.15) is 11.5 Å². The Balaban J connectivity index is 1.66. The minimum Gasteiger partial charge on any atom is -0.284 e. The Kier molecular flexibility index (Phi) is 6.80. The molecule has 2 atom stereocenters. The molecule has 0 aromatic heterocycles. The summed E-state index contributed by atoms with van der Waals surface area (Å²) in [6.07, 6.45) is 4.48. The molecule has 1 fully saturated rings. The number of hydrogen-bond donors (Lipinski definition) is 1. The molecule has 2 unspecified atom stereocenters. The average molecular weight is 463 g/mol. The van der Waals surface area contributed by atoms with E-state index >= 15 is 0 Å². The normalized spacial score (nSPS) is 22.2. The van der Waals surface area contributed by atoms with Crippen molar-refractivity contribution in [2.24, 2.45) is 11.0 Å². The first-order chi connectivity index (χ1) is 14.9. The van der Waals surface area contributed by atoms with Crippen molar-refractivity contribution in [3.8, 4) is 0 Å². The largest absolute Gasteiger partial charge is 0.284 e. The molecule has 0 aliphatic carbocycles. The zero-order chi connectivity index (χ0) is 22.0. The van der Waals surface area contributed by atoms with Crippen LogP contribution in [0.15, 0.2) is 47.6 Å². The van der Waals surface area contributed by atoms with Gasteiger partial charge in [-0.1, -0.05) is 55.1 Å². The Bertz CT molecular complexity index is 974. The lowest BCUT2D eigenvalue weighted by Gasteiger charge is -2.27. The van der Waals surface area contributed by atoms with Gasteiger partial charge in [-0.15, -0.1) is 0 Å². The molecule has 1 amide bonds. The standard InChI is InChI=1S/C23H25Cl2FN4O/c1-15-21(23(31)28-29-12-4-2-3-5-13-29)27-30(20-11-8-17(24)14-19(20)25)22(15)16-6-9-18(26)10-7-16/h6-11,14-15,22H,2-5,12-13H2,1H3,(H,28,31). The van der Waals surface area contributed by atoms with Gasteiger partial charge in [0.25, 0.3) is 5.91 Å². The molecule has 0 saturated carbocycles. The molecule has 5 nitrogen and oxygen atoms in total. The number of hydrazone groups is 1. The van der Waals surface area contributed by atoms with Gasteiger partial charge in [-0.3, -0.25) is 15.2 Å². The van der Waals surface area contributed by atoms with E-state index in [4.69, 9.17) is 23.2 Å². The summed E-state index contributed by atoms with van der Waals surface area (Å²) in [7, 11) is 0. The first-order valence-corrected chi connectivity index (χ1v) is 11.3. The predicted octanol–water partition coefficient (Wildman–Crippen LogP) is 5.59. The van der Waals surface area contributed by atoms with Crippen molar-refractivity contribution in [3.05, 3.63) is 63.9 Å². The van der Waals surface area contributed by atoms with Crippen molar-refractivity contribution in [3.63, 3.8) is 0 Å². The highest BCUT2D eigenvalue weighted by molar-refractivity contribution is 6.41. The Morgan fingerprint density at radius 3 is 2.39 bits per heavy atom. The Hall–Kier alpha value is -2.15. The van der Waals surface area contributed by atoms with E-state index in [0.717, 1.165) is 31.5 Å². The van der Waals surface area contributed by atoms with Crippen molar-refractivity contribution < 1.29 is 9.18 Å². The highest BCUT2D eigenvalue weighted by Crippen LogP contribution is 2.42. The van der Waals surface area contributed by atoms with Crippen LogP contribution in [0, 0.1) is 11.7 Å². The van der Waals surface area contributed by atoms with E-state index in [2.05, 4.69) is 10.5 Å². The molecule has 8 heteroatoms. The topological polar surface area (TPSA) is 47.9 Å². The van der Waals surface area contributed by atoms with Gasteiger partial charge in [0.2, 0.25) is 0 Å². The number of halogens is 3. The second-order valence-electron chi connectivity index (χ2n) is 8.05. The number of benzene rings is 2. The monoisotopic (exact) mass is 462 g/mol. The summed E-state index contributed by atoms with van der Waals surface area (Å²) in [5.74, 6) is -0.760. The predicted molar refractivity (Wildman–Crippen MR) is 123 cm³/mol. The van der Waals surface area contributed by atoms with E-state index in [1.807, 2.05) is 11.9 Å². The van der Waals surface area contributed by atoms with Crippen LogP contribution in [0.5, 0.6) is 0 Å². The molecular weight excluding hydrogens is 438 g/mol. The van der Waals surface area contributed by atoms with Gasteiger partial charge in [0, 0.05) is 24.0 Å². The van der Waals surface area contributed by atoms with Crippen molar-refractivity contribution >= 4 is 40.5 Å². The van der Waals surface area contributed by atoms with Crippen LogP contribution in [0.2, 0.25) is 10.0 Å². The second-order valence-corrected chi connectivity index (χ2v) is 8.90. The van der Waals surface area contributed by atoms with E-state index in [-0.39, 0.29) is 23.7 Å². The third-order valence-corrected chi connectivity index (χ3v) is 6.39. The van der Waals surface area contributed by atoms with Crippen LogP contribution in [0.3, 0.4) is 0 Å². The molecule has 1 saturated heterocycles. The number of anilines is 1. The summed E-state index contributed by atoms with van der Waals surface area (Å²) in [5.41, 5.74) is 4.94. The fourth-order valence-corrected chi connectivity index (χ4v) is 4.72. The summed E-state index contributed by atoms with van der Waals surface area (Å²) >= 11 is 12.5. The molecule has 2 heterocycles. The third kappa shape index (κ3) is 4.86. The van der Waals surface area contributed by atoms with Gasteiger partial charge in [0.05, 0.1) is 16.8 Å². The summed E-state index contributed by atoms with van der Waals surface area (Å²) in [5, 5.41) is 9.37. The van der Waals surface area contributed by atoms with Gasteiger partial charge < -0.3 is 0 Å². The molecule has 0 spiro atoms. The van der Waals surface area contributed by atoms with E-state index in [9.17, 15) is 9.18 Å². The molecule has 2 aromatic carbocycles. The Morgan fingerprint density at radius 2 is 1.74 bits per heavy atom. The number of nitrogens with one attached hydrogen (secondary N) is 1. The molecule has 164 valence electrons. The minimum absolute atomic E-state index is 0.214. The SMILES string of the molecule is CC1C(C(=O)NN2CCCCCC2)=NN(c2ccc(Cl)cc2Cl)C1c1ccc(F)cc1. The van der Waals surface area contributed by atoms with E-state index in [1.54, 1.807) is 35.3 Å². The summed E-state index contributed by atoms with van der Waals surface area (Å²) < 4.78 is 13.6. The highest BCUT2D eigenvalue weighted by atomic mass is 35.5. The van der Waals surface area contributed by atoms with Crippen LogP contribution in [0.25, 0.3) is 0 Å². The van der Waals surface area contributed by atoms with Crippen molar-refractivity contribution in [2.45, 2.75) is 38.6 Å². The second kappa shape index (κ2) is 9.55. The Morgan fingerprint density at radius 1 is 1.06 bits per heavy atom. The Labute approximate surface area is 191 Å². The quantitative estimate of drug-likeness (QED) is 0.643. The third-order valence-electron chi connectivity index (χ3n) is 5.85. The fraction of sp³-hybridized carbons (Fsp3) is 0.391. The molecule has 0 radical (unpaired) electrons. The number of nitrogens with zero attached hydrogens (tertiary/aromatic N) is 3. The maximum atomic E-state index is 13.6. The summed E-state index contributed by atoms with van der Waals surface area (Å²) in [4.78, 5) is 13.2. The lowest BCUT2D eigenvalue weighted by Crippen LogP contribution is -2.46. The molecular formula is C23H25Cl2FN4O. The maximum Gasteiger partial charge on any atom is 0.282 e. The lowest BCUT2D eigenvalue weighted by molar-refractivity contribution is -0.119. The van der Waals surface area contributed by atoms with Crippen molar-refractivity contribution in [1.29, 1.82) is 0 Å². The van der Waals surface area contributed by atoms with Crippen molar-refractivity contribution in [1.82, 2.24) is 10.4 Å². The highest BCUT2D eigenvalue weighted by Gasteiger charge is 2.40. The zero-order valence-corrected chi connectivity index (χ0v) is 18.8. The minimum atomic E-state index is -0.314. The molecule has 31 heavy (non-hydrogen) atoms.